The van der Waals surface area contributed by atoms with Gasteiger partial charge in [-0.15, -0.1) is 0 Å². The number of carbonyl (C=O) groups excluding carboxylic acids is 2. The molecule has 6 heteroatoms. The Kier molecular flexibility index (Phi) is 51.6. The first-order chi connectivity index (χ1) is 31.0. The van der Waals surface area contributed by atoms with Crippen molar-refractivity contribution in [3.63, 3.8) is 0 Å². The number of hydrogen-bond acceptors (Lipinski definition) is 5. The Hall–Kier alpha value is -1.66. The van der Waals surface area contributed by atoms with E-state index in [4.69, 9.17) is 4.74 Å². The Balaban J connectivity index is 3.48. The quantitative estimate of drug-likeness (QED) is 0.0321. The van der Waals surface area contributed by atoms with Crippen LogP contribution in [0, 0.1) is 0 Å². The van der Waals surface area contributed by atoms with Gasteiger partial charge in [-0.3, -0.25) is 9.59 Å². The van der Waals surface area contributed by atoms with Gasteiger partial charge < -0.3 is 20.3 Å². The van der Waals surface area contributed by atoms with Crippen LogP contribution in [0.2, 0.25) is 0 Å². The van der Waals surface area contributed by atoms with Gasteiger partial charge in [0.2, 0.25) is 5.91 Å². The van der Waals surface area contributed by atoms with Gasteiger partial charge in [0.05, 0.1) is 25.4 Å². The SMILES string of the molecule is CCC/C=C\C/C=C\CCCCCCCC(=O)OCCCCCCCCCCCC(=O)NC(CO)C(O)CCCCCCCCCCCCCCCCCCCCCCCCCC. The summed E-state index contributed by atoms with van der Waals surface area (Å²) in [6.07, 6.45) is 63.1. The van der Waals surface area contributed by atoms with Crippen LogP contribution in [0.4, 0.5) is 0 Å². The van der Waals surface area contributed by atoms with E-state index in [0.29, 0.717) is 25.9 Å². The molecule has 0 aromatic rings. The maximum Gasteiger partial charge on any atom is 0.305 e. The smallest absolute Gasteiger partial charge is 0.305 e. The summed E-state index contributed by atoms with van der Waals surface area (Å²) in [5, 5.41) is 23.3. The van der Waals surface area contributed by atoms with Gasteiger partial charge >= 0.3 is 5.97 Å². The molecule has 0 rings (SSSR count). The molecule has 372 valence electrons. The molecule has 1 amide bonds. The second kappa shape index (κ2) is 53.0. The number of aliphatic hydroxyl groups excluding tert-OH is 2. The van der Waals surface area contributed by atoms with Crippen LogP contribution in [-0.2, 0) is 14.3 Å². The lowest BCUT2D eigenvalue weighted by Gasteiger charge is -2.22. The molecule has 63 heavy (non-hydrogen) atoms. The predicted octanol–water partition coefficient (Wildman–Crippen LogP) is 17.1. The van der Waals surface area contributed by atoms with Crippen molar-refractivity contribution in [1.82, 2.24) is 5.32 Å². The van der Waals surface area contributed by atoms with Gasteiger partial charge in [0.25, 0.3) is 0 Å². The Bertz CT molecular complexity index is 982. The molecule has 0 heterocycles. The summed E-state index contributed by atoms with van der Waals surface area (Å²) in [7, 11) is 0. The number of nitrogens with one attached hydrogen (secondary N) is 1. The molecule has 6 nitrogen and oxygen atoms in total. The molecule has 0 saturated carbocycles. The summed E-state index contributed by atoms with van der Waals surface area (Å²) in [5.41, 5.74) is 0. The molecule has 0 aromatic heterocycles. The third-order valence-electron chi connectivity index (χ3n) is 13.0. The van der Waals surface area contributed by atoms with Gasteiger partial charge in [-0.2, -0.15) is 0 Å². The normalized spacial score (nSPS) is 12.8. The Labute approximate surface area is 392 Å². The highest BCUT2D eigenvalue weighted by molar-refractivity contribution is 5.76. The van der Waals surface area contributed by atoms with Crippen LogP contribution < -0.4 is 5.32 Å². The van der Waals surface area contributed by atoms with Gasteiger partial charge in [0.15, 0.2) is 0 Å². The highest BCUT2D eigenvalue weighted by Crippen LogP contribution is 2.17. The van der Waals surface area contributed by atoms with E-state index in [-0.39, 0.29) is 18.5 Å². The summed E-state index contributed by atoms with van der Waals surface area (Å²) in [5.74, 6) is -0.101. The molecule has 0 radical (unpaired) electrons. The average molecular weight is 889 g/mol. The Morgan fingerprint density at radius 1 is 0.444 bits per heavy atom. The van der Waals surface area contributed by atoms with Crippen molar-refractivity contribution < 1.29 is 24.5 Å². The fraction of sp³-hybridized carbons (Fsp3) is 0.895. The van der Waals surface area contributed by atoms with E-state index in [1.165, 1.54) is 199 Å². The van der Waals surface area contributed by atoms with E-state index in [2.05, 4.69) is 43.5 Å². The Morgan fingerprint density at radius 3 is 1.27 bits per heavy atom. The van der Waals surface area contributed by atoms with Crippen LogP contribution in [0.1, 0.15) is 303 Å². The number of unbranched alkanes of at least 4 members (excludes halogenated alkanes) is 37. The number of carbonyl (C=O) groups is 2. The zero-order valence-electron chi connectivity index (χ0n) is 42.3. The van der Waals surface area contributed by atoms with Gasteiger partial charge in [-0.1, -0.05) is 263 Å². The largest absolute Gasteiger partial charge is 0.466 e. The lowest BCUT2D eigenvalue weighted by Crippen LogP contribution is -2.45. The van der Waals surface area contributed by atoms with Crippen molar-refractivity contribution in [3.8, 4) is 0 Å². The van der Waals surface area contributed by atoms with Crippen molar-refractivity contribution in [2.45, 2.75) is 315 Å². The van der Waals surface area contributed by atoms with E-state index in [9.17, 15) is 19.8 Å². The molecule has 0 aliphatic rings. The molecular weight excluding hydrogens is 779 g/mol. The number of esters is 1. The van der Waals surface area contributed by atoms with Crippen LogP contribution in [0.5, 0.6) is 0 Å². The highest BCUT2D eigenvalue weighted by Gasteiger charge is 2.20. The van der Waals surface area contributed by atoms with Crippen LogP contribution in [0.3, 0.4) is 0 Å². The van der Waals surface area contributed by atoms with Gasteiger partial charge in [-0.25, -0.2) is 0 Å². The highest BCUT2D eigenvalue weighted by atomic mass is 16.5. The lowest BCUT2D eigenvalue weighted by molar-refractivity contribution is -0.143. The molecule has 3 N–H and O–H groups in total. The molecule has 0 saturated heterocycles. The first-order valence-corrected chi connectivity index (χ1v) is 28.1. The summed E-state index contributed by atoms with van der Waals surface area (Å²) in [4.78, 5) is 24.5. The third-order valence-corrected chi connectivity index (χ3v) is 13.0. The molecule has 0 aliphatic heterocycles. The molecule has 0 spiro atoms. The van der Waals surface area contributed by atoms with Gasteiger partial charge in [0.1, 0.15) is 0 Å². The topological polar surface area (TPSA) is 95.9 Å². The predicted molar refractivity (Wildman–Crippen MR) is 273 cm³/mol. The van der Waals surface area contributed by atoms with Crippen molar-refractivity contribution >= 4 is 11.9 Å². The number of aliphatic hydroxyl groups is 2. The second-order valence-corrected chi connectivity index (χ2v) is 19.3. The number of ether oxygens (including phenoxy) is 1. The van der Waals surface area contributed by atoms with Gasteiger partial charge in [-0.05, 0) is 51.4 Å². The molecule has 0 bridgehead atoms. The summed E-state index contributed by atoms with van der Waals surface area (Å²) in [6.45, 7) is 4.83. The number of hydrogen-bond donors (Lipinski definition) is 3. The second-order valence-electron chi connectivity index (χ2n) is 19.3. The minimum absolute atomic E-state index is 0.0394. The number of amides is 1. The summed E-state index contributed by atoms with van der Waals surface area (Å²) in [6, 6.07) is -0.564. The van der Waals surface area contributed by atoms with Crippen LogP contribution >= 0.6 is 0 Å². The van der Waals surface area contributed by atoms with Crippen LogP contribution in [0.15, 0.2) is 24.3 Å². The standard InChI is InChI=1S/C57H109NO5/c1-3-5-7-9-11-13-15-17-18-19-20-21-22-23-24-25-26-27-29-30-33-37-41-45-49-55(60)54(53-59)58-56(61)50-46-42-38-34-32-36-40-44-48-52-63-57(62)51-47-43-39-35-31-28-16-14-12-10-8-6-4-2/h8,10,14,16,54-55,59-60H,3-7,9,11-13,15,17-53H2,1-2H3,(H,58,61)/b10-8-,16-14-. The molecule has 2 atom stereocenters. The van der Waals surface area contributed by atoms with E-state index in [1.54, 1.807) is 0 Å². The molecular formula is C57H109NO5. The van der Waals surface area contributed by atoms with Crippen molar-refractivity contribution in [2.24, 2.45) is 0 Å². The van der Waals surface area contributed by atoms with E-state index in [0.717, 1.165) is 70.6 Å². The van der Waals surface area contributed by atoms with E-state index >= 15 is 0 Å². The first kappa shape index (κ1) is 61.3. The van der Waals surface area contributed by atoms with E-state index in [1.807, 2.05) is 0 Å². The van der Waals surface area contributed by atoms with Crippen molar-refractivity contribution in [3.05, 3.63) is 24.3 Å². The molecule has 0 fully saturated rings. The maximum absolute atomic E-state index is 12.5. The minimum Gasteiger partial charge on any atom is -0.466 e. The minimum atomic E-state index is -0.684. The third kappa shape index (κ3) is 49.6. The first-order valence-electron chi connectivity index (χ1n) is 28.1. The fourth-order valence-electron chi connectivity index (χ4n) is 8.68. The fourth-order valence-corrected chi connectivity index (χ4v) is 8.68. The average Bonchev–Trinajstić information content (AvgIpc) is 3.28. The van der Waals surface area contributed by atoms with Crippen molar-refractivity contribution in [1.29, 1.82) is 0 Å². The molecule has 0 aromatic carbocycles. The summed E-state index contributed by atoms with van der Waals surface area (Å²) >= 11 is 0. The summed E-state index contributed by atoms with van der Waals surface area (Å²) < 4.78 is 5.44. The van der Waals surface area contributed by atoms with Crippen LogP contribution in [-0.4, -0.2) is 47.4 Å². The van der Waals surface area contributed by atoms with Crippen molar-refractivity contribution in [2.75, 3.05) is 13.2 Å². The zero-order valence-corrected chi connectivity index (χ0v) is 42.3. The van der Waals surface area contributed by atoms with Gasteiger partial charge in [0, 0.05) is 12.8 Å². The number of allylic oxidation sites excluding steroid dienone is 4. The lowest BCUT2D eigenvalue weighted by atomic mass is 10.0. The Morgan fingerprint density at radius 2 is 0.825 bits per heavy atom. The van der Waals surface area contributed by atoms with Crippen LogP contribution in [0.25, 0.3) is 0 Å². The number of rotatable bonds is 52. The molecule has 0 aliphatic carbocycles. The monoisotopic (exact) mass is 888 g/mol. The molecule has 2 unspecified atom stereocenters. The zero-order chi connectivity index (χ0) is 45.8. The maximum atomic E-state index is 12.5. The van der Waals surface area contributed by atoms with E-state index < -0.39 is 12.1 Å².